The normalized spacial score (nSPS) is 15.6. The molecular formula is C10H11ClFNO. The fourth-order valence-electron chi connectivity index (χ4n) is 1.25. The summed E-state index contributed by atoms with van der Waals surface area (Å²) >= 11 is 5.86. The quantitative estimate of drug-likeness (QED) is 0.841. The Morgan fingerprint density at radius 1 is 1.50 bits per heavy atom. The Hall–Kier alpha value is -0.800. The van der Waals surface area contributed by atoms with Gasteiger partial charge in [0, 0.05) is 12.1 Å². The van der Waals surface area contributed by atoms with E-state index in [9.17, 15) is 4.39 Å². The lowest BCUT2D eigenvalue weighted by Crippen LogP contribution is -2.05. The van der Waals surface area contributed by atoms with Crippen molar-refractivity contribution in [1.82, 2.24) is 0 Å². The lowest BCUT2D eigenvalue weighted by atomic mass is 10.2. The molecule has 2 nitrogen and oxygen atoms in total. The molecule has 1 fully saturated rings. The van der Waals surface area contributed by atoms with Gasteiger partial charge >= 0.3 is 0 Å². The molecule has 1 saturated carbocycles. The molecule has 1 aliphatic rings. The van der Waals surface area contributed by atoms with E-state index in [1.165, 1.54) is 12.1 Å². The van der Waals surface area contributed by atoms with Gasteiger partial charge in [-0.1, -0.05) is 11.6 Å². The van der Waals surface area contributed by atoms with Gasteiger partial charge in [-0.2, -0.15) is 0 Å². The zero-order chi connectivity index (χ0) is 10.1. The Kier molecular flexibility index (Phi) is 2.61. The van der Waals surface area contributed by atoms with Crippen LogP contribution in [0.3, 0.4) is 0 Å². The number of ether oxygens (including phenoxy) is 1. The smallest absolute Gasteiger partial charge is 0.142 e. The molecule has 0 aliphatic heterocycles. The van der Waals surface area contributed by atoms with Crippen LogP contribution < -0.4 is 10.5 Å². The van der Waals surface area contributed by atoms with Crippen molar-refractivity contribution < 1.29 is 9.13 Å². The highest BCUT2D eigenvalue weighted by atomic mass is 35.5. The third-order valence-electron chi connectivity index (χ3n) is 2.11. The van der Waals surface area contributed by atoms with Gasteiger partial charge < -0.3 is 10.5 Å². The lowest BCUT2D eigenvalue weighted by molar-refractivity contribution is 0.299. The first-order chi connectivity index (χ1) is 6.70. The van der Waals surface area contributed by atoms with E-state index in [0.29, 0.717) is 16.3 Å². The molecule has 0 unspecified atom stereocenters. The molecule has 0 heterocycles. The molecule has 4 heteroatoms. The zero-order valence-electron chi connectivity index (χ0n) is 7.59. The van der Waals surface area contributed by atoms with Gasteiger partial charge in [0.25, 0.3) is 0 Å². The summed E-state index contributed by atoms with van der Waals surface area (Å²) < 4.78 is 18.5. The molecule has 0 bridgehead atoms. The second kappa shape index (κ2) is 3.75. The molecule has 2 rings (SSSR count). The van der Waals surface area contributed by atoms with Crippen LogP contribution in [-0.2, 0) is 6.54 Å². The van der Waals surface area contributed by atoms with Crippen molar-refractivity contribution in [2.45, 2.75) is 25.5 Å². The molecule has 2 N–H and O–H groups in total. The molecule has 0 saturated heterocycles. The van der Waals surface area contributed by atoms with Crippen molar-refractivity contribution in [3.05, 3.63) is 28.5 Å². The summed E-state index contributed by atoms with van der Waals surface area (Å²) in [5.74, 6) is 0.164. The van der Waals surface area contributed by atoms with E-state index in [1.807, 2.05) is 0 Å². The van der Waals surface area contributed by atoms with Crippen molar-refractivity contribution in [1.29, 1.82) is 0 Å². The van der Waals surface area contributed by atoms with Crippen LogP contribution in [0.15, 0.2) is 12.1 Å². The maximum absolute atomic E-state index is 13.0. The third kappa shape index (κ3) is 1.99. The van der Waals surface area contributed by atoms with Crippen molar-refractivity contribution in [2.75, 3.05) is 0 Å². The molecule has 14 heavy (non-hydrogen) atoms. The van der Waals surface area contributed by atoms with Gasteiger partial charge in [0.15, 0.2) is 0 Å². The van der Waals surface area contributed by atoms with Crippen molar-refractivity contribution in [2.24, 2.45) is 5.73 Å². The highest BCUT2D eigenvalue weighted by molar-refractivity contribution is 6.32. The minimum atomic E-state index is -0.376. The van der Waals surface area contributed by atoms with Crippen LogP contribution in [0, 0.1) is 5.82 Å². The van der Waals surface area contributed by atoms with E-state index in [1.54, 1.807) is 0 Å². The van der Waals surface area contributed by atoms with Gasteiger partial charge in [0.1, 0.15) is 11.6 Å². The number of hydrogen-bond donors (Lipinski definition) is 1. The predicted molar refractivity (Wildman–Crippen MR) is 53.0 cm³/mol. The Morgan fingerprint density at radius 2 is 2.21 bits per heavy atom. The Bertz CT molecular complexity index is 352. The minimum absolute atomic E-state index is 0.236. The number of nitrogens with two attached hydrogens (primary N) is 1. The summed E-state index contributed by atoms with van der Waals surface area (Å²) in [7, 11) is 0. The van der Waals surface area contributed by atoms with E-state index in [4.69, 9.17) is 22.1 Å². The highest BCUT2D eigenvalue weighted by Crippen LogP contribution is 2.35. The summed E-state index contributed by atoms with van der Waals surface area (Å²) in [4.78, 5) is 0. The Morgan fingerprint density at radius 3 is 2.79 bits per heavy atom. The van der Waals surface area contributed by atoms with Crippen LogP contribution in [0.5, 0.6) is 5.75 Å². The van der Waals surface area contributed by atoms with Gasteiger partial charge in [0.05, 0.1) is 11.1 Å². The number of rotatable bonds is 3. The molecule has 1 aliphatic carbocycles. The molecule has 0 atom stereocenters. The van der Waals surface area contributed by atoms with E-state index < -0.39 is 0 Å². The van der Waals surface area contributed by atoms with Gasteiger partial charge in [-0.05, 0) is 25.0 Å². The van der Waals surface area contributed by atoms with E-state index in [0.717, 1.165) is 12.8 Å². The molecule has 0 radical (unpaired) electrons. The van der Waals surface area contributed by atoms with Crippen LogP contribution in [0.4, 0.5) is 4.39 Å². The van der Waals surface area contributed by atoms with Gasteiger partial charge in [-0.25, -0.2) is 4.39 Å². The standard InChI is InChI=1S/C10H11ClFNO/c11-9-4-7(12)3-6(5-13)10(9)14-8-1-2-8/h3-4,8H,1-2,5,13H2. The molecule has 1 aromatic rings. The fourth-order valence-corrected chi connectivity index (χ4v) is 1.52. The monoisotopic (exact) mass is 215 g/mol. The van der Waals surface area contributed by atoms with Crippen LogP contribution in [-0.4, -0.2) is 6.10 Å². The van der Waals surface area contributed by atoms with E-state index in [2.05, 4.69) is 0 Å². The third-order valence-corrected chi connectivity index (χ3v) is 2.39. The van der Waals surface area contributed by atoms with E-state index >= 15 is 0 Å². The molecular weight excluding hydrogens is 205 g/mol. The topological polar surface area (TPSA) is 35.2 Å². The fraction of sp³-hybridized carbons (Fsp3) is 0.400. The molecule has 0 amide bonds. The lowest BCUT2D eigenvalue weighted by Gasteiger charge is -2.11. The summed E-state index contributed by atoms with van der Waals surface area (Å²) in [5.41, 5.74) is 6.11. The SMILES string of the molecule is NCc1cc(F)cc(Cl)c1OC1CC1. The first-order valence-electron chi connectivity index (χ1n) is 4.55. The van der Waals surface area contributed by atoms with Crippen LogP contribution >= 0.6 is 11.6 Å². The second-order valence-electron chi connectivity index (χ2n) is 3.40. The van der Waals surface area contributed by atoms with Crippen LogP contribution in [0.2, 0.25) is 5.02 Å². The number of benzene rings is 1. The van der Waals surface area contributed by atoms with Crippen molar-refractivity contribution in [3.8, 4) is 5.75 Å². The van der Waals surface area contributed by atoms with Crippen molar-refractivity contribution >= 4 is 11.6 Å². The minimum Gasteiger partial charge on any atom is -0.489 e. The molecule has 0 aromatic heterocycles. The molecule has 76 valence electrons. The molecule has 1 aromatic carbocycles. The maximum Gasteiger partial charge on any atom is 0.142 e. The second-order valence-corrected chi connectivity index (χ2v) is 3.80. The largest absolute Gasteiger partial charge is 0.489 e. The van der Waals surface area contributed by atoms with Gasteiger partial charge in [0.2, 0.25) is 0 Å². The average Bonchev–Trinajstić information content (AvgIpc) is 2.93. The predicted octanol–water partition coefficient (Wildman–Crippen LogP) is 2.48. The van der Waals surface area contributed by atoms with Gasteiger partial charge in [-0.15, -0.1) is 0 Å². The average molecular weight is 216 g/mol. The summed E-state index contributed by atoms with van der Waals surface area (Å²) in [6, 6.07) is 2.61. The summed E-state index contributed by atoms with van der Waals surface area (Å²) in [6.07, 6.45) is 2.32. The van der Waals surface area contributed by atoms with Crippen LogP contribution in [0.25, 0.3) is 0 Å². The maximum atomic E-state index is 13.0. The number of hydrogen-bond acceptors (Lipinski definition) is 2. The Labute approximate surface area is 86.8 Å². The highest BCUT2D eigenvalue weighted by Gasteiger charge is 2.25. The van der Waals surface area contributed by atoms with Gasteiger partial charge in [-0.3, -0.25) is 0 Å². The summed E-state index contributed by atoms with van der Waals surface area (Å²) in [5, 5.41) is 0.303. The zero-order valence-corrected chi connectivity index (χ0v) is 8.35. The Balaban J connectivity index is 2.33. The molecule has 0 spiro atoms. The first-order valence-corrected chi connectivity index (χ1v) is 4.93. The van der Waals surface area contributed by atoms with Crippen LogP contribution in [0.1, 0.15) is 18.4 Å². The van der Waals surface area contributed by atoms with Crippen molar-refractivity contribution in [3.63, 3.8) is 0 Å². The number of halogens is 2. The summed E-state index contributed by atoms with van der Waals surface area (Å²) in [6.45, 7) is 0.236. The first kappa shape index (κ1) is 9.74. The van der Waals surface area contributed by atoms with E-state index in [-0.39, 0.29) is 18.5 Å².